The third kappa shape index (κ3) is 4.63. The van der Waals surface area contributed by atoms with Gasteiger partial charge in [-0.1, -0.05) is 36.4 Å². The van der Waals surface area contributed by atoms with Crippen molar-refractivity contribution in [2.24, 2.45) is 0 Å². The standard InChI is InChI=1S/C22H21N3O3S/c26-21(25-10-9-16-5-1-2-6-17(16)12-25)11-23-22(27)19-7-3-4-8-20(19)28-13-18-14-29-15-24-18/h1-8,14-15H,9-13H2,(H,23,27). The summed E-state index contributed by atoms with van der Waals surface area (Å²) in [6, 6.07) is 15.2. The number of rotatable bonds is 6. The van der Waals surface area contributed by atoms with E-state index in [4.69, 9.17) is 4.74 Å². The lowest BCUT2D eigenvalue weighted by molar-refractivity contribution is -0.131. The molecule has 1 aliphatic rings. The lowest BCUT2D eigenvalue weighted by atomic mass is 10.00. The van der Waals surface area contributed by atoms with Crippen LogP contribution in [0.4, 0.5) is 0 Å². The Morgan fingerprint density at radius 3 is 2.72 bits per heavy atom. The molecule has 0 radical (unpaired) electrons. The Bertz CT molecular complexity index is 1000. The molecule has 0 atom stereocenters. The second-order valence-electron chi connectivity index (χ2n) is 6.78. The monoisotopic (exact) mass is 407 g/mol. The Labute approximate surface area is 173 Å². The normalized spacial score (nSPS) is 12.9. The predicted molar refractivity (Wildman–Crippen MR) is 111 cm³/mol. The summed E-state index contributed by atoms with van der Waals surface area (Å²) in [5, 5.41) is 4.63. The van der Waals surface area contributed by atoms with Crippen molar-refractivity contribution in [3.8, 4) is 5.75 Å². The van der Waals surface area contributed by atoms with Crippen LogP contribution in [0.2, 0.25) is 0 Å². The number of carbonyl (C=O) groups is 2. The summed E-state index contributed by atoms with van der Waals surface area (Å²) < 4.78 is 5.75. The third-order valence-corrected chi connectivity index (χ3v) is 5.51. The first-order valence-electron chi connectivity index (χ1n) is 9.42. The first-order valence-corrected chi connectivity index (χ1v) is 10.4. The van der Waals surface area contributed by atoms with Gasteiger partial charge in [0.2, 0.25) is 5.91 Å². The molecule has 29 heavy (non-hydrogen) atoms. The molecular weight excluding hydrogens is 386 g/mol. The molecule has 2 amide bonds. The number of thiazole rings is 1. The zero-order valence-electron chi connectivity index (χ0n) is 15.8. The van der Waals surface area contributed by atoms with Crippen LogP contribution < -0.4 is 10.1 Å². The molecule has 4 rings (SSSR count). The number of ether oxygens (including phenoxy) is 1. The number of aromatic nitrogens is 1. The van der Waals surface area contributed by atoms with E-state index in [1.807, 2.05) is 29.6 Å². The first-order chi connectivity index (χ1) is 14.2. The Hall–Kier alpha value is -3.19. The molecule has 1 aliphatic heterocycles. The SMILES string of the molecule is O=C(NCC(=O)N1CCc2ccccc2C1)c1ccccc1OCc1cscn1. The van der Waals surface area contributed by atoms with Gasteiger partial charge in [-0.25, -0.2) is 4.98 Å². The van der Waals surface area contributed by atoms with E-state index in [1.165, 1.54) is 22.5 Å². The minimum absolute atomic E-state index is 0.0403. The van der Waals surface area contributed by atoms with Crippen molar-refractivity contribution in [2.75, 3.05) is 13.1 Å². The average molecular weight is 407 g/mol. The zero-order valence-corrected chi connectivity index (χ0v) is 16.7. The number of hydrogen-bond acceptors (Lipinski definition) is 5. The molecule has 0 saturated heterocycles. The van der Waals surface area contributed by atoms with Crippen LogP contribution in [-0.2, 0) is 24.4 Å². The van der Waals surface area contributed by atoms with E-state index in [-0.39, 0.29) is 18.4 Å². The molecule has 148 valence electrons. The van der Waals surface area contributed by atoms with Gasteiger partial charge in [0.05, 0.1) is 23.3 Å². The molecule has 0 spiro atoms. The Kier molecular flexibility index (Phi) is 5.86. The fourth-order valence-corrected chi connectivity index (χ4v) is 3.86. The van der Waals surface area contributed by atoms with Crippen LogP contribution in [0.3, 0.4) is 0 Å². The quantitative estimate of drug-likeness (QED) is 0.682. The van der Waals surface area contributed by atoms with Crippen molar-refractivity contribution in [1.82, 2.24) is 15.2 Å². The molecule has 2 heterocycles. The highest BCUT2D eigenvalue weighted by atomic mass is 32.1. The van der Waals surface area contributed by atoms with Crippen molar-refractivity contribution in [3.05, 3.63) is 81.8 Å². The van der Waals surface area contributed by atoms with Crippen molar-refractivity contribution in [2.45, 2.75) is 19.6 Å². The highest BCUT2D eigenvalue weighted by Crippen LogP contribution is 2.20. The Balaban J connectivity index is 1.34. The number of para-hydroxylation sites is 1. The summed E-state index contributed by atoms with van der Waals surface area (Å²) in [5.41, 5.74) is 5.40. The second-order valence-corrected chi connectivity index (χ2v) is 7.50. The molecule has 1 aromatic heterocycles. The van der Waals surface area contributed by atoms with Gasteiger partial charge in [0.15, 0.2) is 0 Å². The van der Waals surface area contributed by atoms with E-state index in [0.717, 1.165) is 12.1 Å². The van der Waals surface area contributed by atoms with Crippen LogP contribution in [0, 0.1) is 0 Å². The molecule has 0 aliphatic carbocycles. The molecule has 2 aromatic carbocycles. The van der Waals surface area contributed by atoms with E-state index in [9.17, 15) is 9.59 Å². The molecule has 0 fully saturated rings. The van der Waals surface area contributed by atoms with Gasteiger partial charge in [0.25, 0.3) is 5.91 Å². The molecule has 3 aromatic rings. The van der Waals surface area contributed by atoms with Crippen molar-refractivity contribution >= 4 is 23.2 Å². The van der Waals surface area contributed by atoms with Gasteiger partial charge in [-0.2, -0.15) is 0 Å². The fraction of sp³-hybridized carbons (Fsp3) is 0.227. The van der Waals surface area contributed by atoms with E-state index < -0.39 is 0 Å². The summed E-state index contributed by atoms with van der Waals surface area (Å²) in [5.74, 6) is 0.0516. The highest BCUT2D eigenvalue weighted by molar-refractivity contribution is 7.07. The van der Waals surface area contributed by atoms with Gasteiger partial charge in [-0.15, -0.1) is 11.3 Å². The topological polar surface area (TPSA) is 71.5 Å². The number of fused-ring (bicyclic) bond motifs is 1. The molecule has 6 nitrogen and oxygen atoms in total. The van der Waals surface area contributed by atoms with Gasteiger partial charge >= 0.3 is 0 Å². The fourth-order valence-electron chi connectivity index (χ4n) is 3.31. The lowest BCUT2D eigenvalue weighted by Gasteiger charge is -2.29. The highest BCUT2D eigenvalue weighted by Gasteiger charge is 2.21. The minimum Gasteiger partial charge on any atom is -0.486 e. The maximum atomic E-state index is 12.6. The van der Waals surface area contributed by atoms with Crippen LogP contribution in [0.15, 0.2) is 59.4 Å². The maximum absolute atomic E-state index is 12.6. The minimum atomic E-state index is -0.329. The van der Waals surface area contributed by atoms with Crippen molar-refractivity contribution < 1.29 is 14.3 Å². The van der Waals surface area contributed by atoms with Crippen LogP contribution in [-0.4, -0.2) is 34.8 Å². The van der Waals surface area contributed by atoms with Crippen LogP contribution in [0.5, 0.6) is 5.75 Å². The van der Waals surface area contributed by atoms with Crippen LogP contribution in [0.25, 0.3) is 0 Å². The number of nitrogens with zero attached hydrogens (tertiary/aromatic N) is 2. The molecule has 7 heteroatoms. The van der Waals surface area contributed by atoms with Gasteiger partial charge < -0.3 is 15.0 Å². The van der Waals surface area contributed by atoms with Crippen molar-refractivity contribution in [3.63, 3.8) is 0 Å². The zero-order chi connectivity index (χ0) is 20.1. The van der Waals surface area contributed by atoms with E-state index >= 15 is 0 Å². The van der Waals surface area contributed by atoms with E-state index in [1.54, 1.807) is 28.6 Å². The summed E-state index contributed by atoms with van der Waals surface area (Å²) in [7, 11) is 0. The van der Waals surface area contributed by atoms with Gasteiger partial charge in [-0.05, 0) is 29.7 Å². The second kappa shape index (κ2) is 8.87. The maximum Gasteiger partial charge on any atom is 0.255 e. The van der Waals surface area contributed by atoms with Gasteiger partial charge in [0.1, 0.15) is 12.4 Å². The molecule has 1 N–H and O–H groups in total. The van der Waals surface area contributed by atoms with Crippen LogP contribution >= 0.6 is 11.3 Å². The van der Waals surface area contributed by atoms with Gasteiger partial charge in [0, 0.05) is 18.5 Å². The predicted octanol–water partition coefficient (Wildman–Crippen LogP) is 3.04. The molecule has 0 bridgehead atoms. The smallest absolute Gasteiger partial charge is 0.255 e. The number of nitrogens with one attached hydrogen (secondary N) is 1. The number of benzene rings is 2. The number of hydrogen-bond donors (Lipinski definition) is 1. The molecule has 0 saturated carbocycles. The van der Waals surface area contributed by atoms with E-state index in [0.29, 0.717) is 31.0 Å². The summed E-state index contributed by atoms with van der Waals surface area (Å²) in [4.78, 5) is 31.2. The summed E-state index contributed by atoms with van der Waals surface area (Å²) >= 11 is 1.49. The Morgan fingerprint density at radius 1 is 1.10 bits per heavy atom. The largest absolute Gasteiger partial charge is 0.486 e. The first kappa shape index (κ1) is 19.1. The Morgan fingerprint density at radius 2 is 1.90 bits per heavy atom. The van der Waals surface area contributed by atoms with Crippen molar-refractivity contribution in [1.29, 1.82) is 0 Å². The number of carbonyl (C=O) groups excluding carboxylic acids is 2. The third-order valence-electron chi connectivity index (χ3n) is 4.87. The van der Waals surface area contributed by atoms with E-state index in [2.05, 4.69) is 16.4 Å². The summed E-state index contributed by atoms with van der Waals surface area (Å²) in [6.07, 6.45) is 0.836. The van der Waals surface area contributed by atoms with Gasteiger partial charge in [-0.3, -0.25) is 9.59 Å². The number of amides is 2. The summed E-state index contributed by atoms with van der Waals surface area (Å²) in [6.45, 7) is 1.50. The average Bonchev–Trinajstić information content (AvgIpc) is 3.29. The molecular formula is C22H21N3O3S. The lowest BCUT2D eigenvalue weighted by Crippen LogP contribution is -2.42. The molecule has 0 unspecified atom stereocenters. The van der Waals surface area contributed by atoms with Crippen LogP contribution in [0.1, 0.15) is 27.2 Å².